The number of para-hydroxylation sites is 1. The van der Waals surface area contributed by atoms with Crippen LogP contribution in [0.2, 0.25) is 0 Å². The first-order valence-corrected chi connectivity index (χ1v) is 15.9. The summed E-state index contributed by atoms with van der Waals surface area (Å²) in [5.74, 6) is 0.978. The molecule has 1 saturated carbocycles. The van der Waals surface area contributed by atoms with E-state index in [9.17, 15) is 14.4 Å². The summed E-state index contributed by atoms with van der Waals surface area (Å²) >= 11 is 0. The molecule has 1 unspecified atom stereocenters. The number of pyridine rings is 1. The summed E-state index contributed by atoms with van der Waals surface area (Å²) in [5, 5.41) is 3.25. The first kappa shape index (κ1) is 32.4. The van der Waals surface area contributed by atoms with Crippen LogP contribution >= 0.6 is 0 Å². The molecule has 1 aliphatic rings. The first-order chi connectivity index (χ1) is 22.5. The molecule has 8 heteroatoms. The lowest BCUT2D eigenvalue weighted by Crippen LogP contribution is -2.34. The largest absolute Gasteiger partial charge is 0.494 e. The van der Waals surface area contributed by atoms with E-state index >= 15 is 0 Å². The number of ketones is 1. The molecular weight excluding hydrogens is 578 g/mol. The van der Waals surface area contributed by atoms with Crippen LogP contribution in [0.15, 0.2) is 103 Å². The molecule has 0 radical (unpaired) electrons. The molecule has 238 valence electrons. The third kappa shape index (κ3) is 9.51. The Labute approximate surface area is 270 Å². The van der Waals surface area contributed by atoms with Crippen molar-refractivity contribution in [3.8, 4) is 5.75 Å². The van der Waals surface area contributed by atoms with Crippen LogP contribution < -0.4 is 10.1 Å². The fourth-order valence-electron chi connectivity index (χ4n) is 5.36. The number of aryl methyl sites for hydroxylation is 1. The Morgan fingerprint density at radius 3 is 2.39 bits per heavy atom. The van der Waals surface area contributed by atoms with Crippen LogP contribution in [0.1, 0.15) is 52.7 Å². The predicted octanol–water partition coefficient (Wildman–Crippen LogP) is 6.15. The maximum absolute atomic E-state index is 13.2. The van der Waals surface area contributed by atoms with E-state index in [0.29, 0.717) is 55.1 Å². The van der Waals surface area contributed by atoms with E-state index in [1.807, 2.05) is 71.8 Å². The van der Waals surface area contributed by atoms with E-state index in [0.717, 1.165) is 29.8 Å². The van der Waals surface area contributed by atoms with Gasteiger partial charge in [0.2, 0.25) is 5.91 Å². The van der Waals surface area contributed by atoms with Gasteiger partial charge in [0.15, 0.2) is 5.78 Å². The van der Waals surface area contributed by atoms with Crippen molar-refractivity contribution in [1.29, 1.82) is 0 Å². The Balaban J connectivity index is 1.13. The topological polar surface area (TPSA) is 97.8 Å². The molecule has 1 aromatic heterocycles. The second-order valence-electron chi connectivity index (χ2n) is 11.7. The fraction of sp³-hybridized carbons (Fsp3) is 0.316. The third-order valence-corrected chi connectivity index (χ3v) is 8.11. The summed E-state index contributed by atoms with van der Waals surface area (Å²) in [4.78, 5) is 45.1. The molecule has 5 rings (SSSR count). The average molecular weight is 620 g/mol. The van der Waals surface area contributed by atoms with E-state index in [1.165, 1.54) is 20.0 Å². The Morgan fingerprint density at radius 1 is 0.913 bits per heavy atom. The minimum Gasteiger partial charge on any atom is -0.494 e. The summed E-state index contributed by atoms with van der Waals surface area (Å²) in [6, 6.07) is 27.1. The molecule has 1 fully saturated rings. The van der Waals surface area contributed by atoms with Crippen molar-refractivity contribution in [2.75, 3.05) is 32.1 Å². The molecular formula is C38H41N3O5. The fourth-order valence-corrected chi connectivity index (χ4v) is 5.36. The lowest BCUT2D eigenvalue weighted by molar-refractivity contribution is -0.141. The number of ether oxygens (including phenoxy) is 2. The van der Waals surface area contributed by atoms with Gasteiger partial charge >= 0.3 is 5.97 Å². The lowest BCUT2D eigenvalue weighted by atomic mass is 10.00. The first-order valence-electron chi connectivity index (χ1n) is 15.9. The van der Waals surface area contributed by atoms with Gasteiger partial charge in [-0.15, -0.1) is 0 Å². The van der Waals surface area contributed by atoms with Crippen molar-refractivity contribution >= 4 is 23.3 Å². The highest BCUT2D eigenvalue weighted by Gasteiger charge is 2.26. The number of anilines is 1. The van der Waals surface area contributed by atoms with Gasteiger partial charge in [-0.3, -0.25) is 14.6 Å². The molecule has 0 aliphatic heterocycles. The van der Waals surface area contributed by atoms with Crippen LogP contribution in [0.5, 0.6) is 5.75 Å². The number of carbonyl (C=O) groups is 3. The second-order valence-corrected chi connectivity index (χ2v) is 11.7. The summed E-state index contributed by atoms with van der Waals surface area (Å²) < 4.78 is 11.1. The van der Waals surface area contributed by atoms with Crippen molar-refractivity contribution in [2.45, 2.75) is 44.6 Å². The number of nitrogens with one attached hydrogen (secondary N) is 1. The summed E-state index contributed by atoms with van der Waals surface area (Å²) in [6.45, 7) is 1.98. The van der Waals surface area contributed by atoms with E-state index < -0.39 is 12.0 Å². The predicted molar refractivity (Wildman–Crippen MR) is 178 cm³/mol. The Hall–Kier alpha value is -4.98. The number of aromatic nitrogens is 1. The SMILES string of the molecule is COC(=O)C(Cc1ccc(OCCCN(CC2CC2)C(=O)CCc2cccnc2)cc1)Nc1ccccc1C(=O)c1ccccc1. The van der Waals surface area contributed by atoms with Crippen LogP contribution in [-0.4, -0.2) is 60.4 Å². The monoisotopic (exact) mass is 619 g/mol. The molecule has 0 bridgehead atoms. The van der Waals surface area contributed by atoms with Gasteiger partial charge in [0.05, 0.1) is 13.7 Å². The smallest absolute Gasteiger partial charge is 0.328 e. The third-order valence-electron chi connectivity index (χ3n) is 8.11. The van der Waals surface area contributed by atoms with Gasteiger partial charge in [-0.25, -0.2) is 4.79 Å². The van der Waals surface area contributed by atoms with E-state index in [4.69, 9.17) is 9.47 Å². The number of rotatable bonds is 17. The molecule has 1 atom stereocenters. The van der Waals surface area contributed by atoms with Crippen LogP contribution in [-0.2, 0) is 27.2 Å². The van der Waals surface area contributed by atoms with Crippen molar-refractivity contribution in [1.82, 2.24) is 9.88 Å². The summed E-state index contributed by atoms with van der Waals surface area (Å²) in [5.41, 5.74) is 3.61. The standard InChI is InChI=1S/C38H41N3O5/c1-45-38(44)35(40-34-13-6-5-12-33(34)37(43)31-10-3-2-4-11-31)25-28-16-19-32(20-17-28)46-24-8-23-41(27-30-14-15-30)36(42)21-18-29-9-7-22-39-26-29/h2-7,9-13,16-17,19-20,22,26,30,35,40H,8,14-15,18,21,23-25,27H2,1H3. The molecule has 0 spiro atoms. The zero-order chi connectivity index (χ0) is 32.1. The quantitative estimate of drug-likeness (QED) is 0.0860. The summed E-state index contributed by atoms with van der Waals surface area (Å²) in [6.07, 6.45) is 8.23. The minimum absolute atomic E-state index is 0.126. The highest BCUT2D eigenvalue weighted by atomic mass is 16.5. The van der Waals surface area contributed by atoms with Gasteiger partial charge in [0.25, 0.3) is 0 Å². The number of hydrogen-bond donors (Lipinski definition) is 1. The maximum Gasteiger partial charge on any atom is 0.328 e. The highest BCUT2D eigenvalue weighted by Crippen LogP contribution is 2.30. The average Bonchev–Trinajstić information content (AvgIpc) is 3.93. The molecule has 4 aromatic rings. The van der Waals surface area contributed by atoms with Crippen molar-refractivity contribution in [3.05, 3.63) is 126 Å². The van der Waals surface area contributed by atoms with Crippen molar-refractivity contribution < 1.29 is 23.9 Å². The van der Waals surface area contributed by atoms with Crippen LogP contribution in [0.4, 0.5) is 5.69 Å². The second kappa shape index (κ2) is 16.4. The van der Waals surface area contributed by atoms with E-state index in [1.54, 1.807) is 36.5 Å². The maximum atomic E-state index is 13.2. The normalized spacial score (nSPS) is 13.0. The number of hydrogen-bond acceptors (Lipinski definition) is 7. The van der Waals surface area contributed by atoms with Crippen LogP contribution in [0.3, 0.4) is 0 Å². The van der Waals surface area contributed by atoms with Gasteiger partial charge in [0.1, 0.15) is 11.8 Å². The zero-order valence-corrected chi connectivity index (χ0v) is 26.3. The van der Waals surface area contributed by atoms with Gasteiger partial charge in [-0.1, -0.05) is 60.7 Å². The van der Waals surface area contributed by atoms with Gasteiger partial charge in [0, 0.05) is 55.1 Å². The van der Waals surface area contributed by atoms with E-state index in [-0.39, 0.29) is 11.7 Å². The molecule has 3 aromatic carbocycles. The Kier molecular flexibility index (Phi) is 11.5. The molecule has 1 amide bonds. The van der Waals surface area contributed by atoms with Crippen molar-refractivity contribution in [2.24, 2.45) is 5.92 Å². The van der Waals surface area contributed by atoms with Crippen molar-refractivity contribution in [3.63, 3.8) is 0 Å². The molecule has 1 aliphatic carbocycles. The molecule has 46 heavy (non-hydrogen) atoms. The number of esters is 1. The van der Waals surface area contributed by atoms with Gasteiger partial charge in [-0.2, -0.15) is 0 Å². The van der Waals surface area contributed by atoms with E-state index in [2.05, 4.69) is 10.3 Å². The molecule has 0 saturated heterocycles. The van der Waals surface area contributed by atoms with Gasteiger partial charge in [-0.05, 0) is 73.1 Å². The summed E-state index contributed by atoms with van der Waals surface area (Å²) in [7, 11) is 1.36. The van der Waals surface area contributed by atoms with Crippen LogP contribution in [0, 0.1) is 5.92 Å². The zero-order valence-electron chi connectivity index (χ0n) is 26.3. The van der Waals surface area contributed by atoms with Crippen LogP contribution in [0.25, 0.3) is 0 Å². The molecule has 8 nitrogen and oxygen atoms in total. The molecule has 1 heterocycles. The molecule has 1 N–H and O–H groups in total. The number of methoxy groups -OCH3 is 1. The van der Waals surface area contributed by atoms with Gasteiger partial charge < -0.3 is 19.7 Å². The highest BCUT2D eigenvalue weighted by molar-refractivity contribution is 6.12. The number of carbonyl (C=O) groups excluding carboxylic acids is 3. The lowest BCUT2D eigenvalue weighted by Gasteiger charge is -2.23. The number of amides is 1. The number of benzene rings is 3. The minimum atomic E-state index is -0.699. The Bertz CT molecular complexity index is 1570. The number of nitrogens with zero attached hydrogens (tertiary/aromatic N) is 2. The Morgan fingerprint density at radius 2 is 1.67 bits per heavy atom.